The Morgan fingerprint density at radius 1 is 1.15 bits per heavy atom. The maximum atomic E-state index is 12.7. The Kier molecular flexibility index (Phi) is 3.52. The van der Waals surface area contributed by atoms with E-state index in [-0.39, 0.29) is 5.78 Å². The van der Waals surface area contributed by atoms with Crippen molar-refractivity contribution in [3.05, 3.63) is 65.2 Å². The monoisotopic (exact) mass is 268 g/mol. The molecule has 1 unspecified atom stereocenters. The molecule has 3 nitrogen and oxygen atoms in total. The first-order valence-electron chi connectivity index (χ1n) is 6.68. The number of para-hydroxylation sites is 1. The van der Waals surface area contributed by atoms with Crippen LogP contribution < -0.4 is 4.74 Å². The fraction of sp³-hybridized carbons (Fsp3) is 0.235. The van der Waals surface area contributed by atoms with Crippen molar-refractivity contribution in [3.63, 3.8) is 0 Å². The van der Waals surface area contributed by atoms with Crippen molar-refractivity contribution >= 4 is 5.78 Å². The predicted molar refractivity (Wildman–Crippen MR) is 76.2 cm³/mol. The predicted octanol–water partition coefficient (Wildman–Crippen LogP) is 3.19. The van der Waals surface area contributed by atoms with Crippen molar-refractivity contribution in [3.8, 4) is 5.75 Å². The minimum atomic E-state index is -0.591. The molecule has 0 spiro atoms. The van der Waals surface area contributed by atoms with Gasteiger partial charge in [-0.25, -0.2) is 0 Å². The number of carbonyl (C=O) groups excluding carboxylic acids is 1. The third kappa shape index (κ3) is 2.21. The molecule has 0 bridgehead atoms. The second-order valence-corrected chi connectivity index (χ2v) is 4.78. The van der Waals surface area contributed by atoms with E-state index in [2.05, 4.69) is 0 Å². The average Bonchev–Trinajstić information content (AvgIpc) is 2.97. The number of benzene rings is 2. The average molecular weight is 268 g/mol. The molecule has 1 aliphatic heterocycles. The third-order valence-electron chi connectivity index (χ3n) is 3.56. The largest absolute Gasteiger partial charge is 0.492 e. The number of ether oxygens (including phenoxy) is 2. The Balaban J connectivity index is 1.98. The Bertz CT molecular complexity index is 619. The van der Waals surface area contributed by atoms with Crippen LogP contribution in [0.1, 0.15) is 27.6 Å². The van der Waals surface area contributed by atoms with Gasteiger partial charge in [-0.1, -0.05) is 42.5 Å². The minimum Gasteiger partial charge on any atom is -0.492 e. The molecule has 0 radical (unpaired) electrons. The number of hydrogen-bond donors (Lipinski definition) is 0. The van der Waals surface area contributed by atoms with Gasteiger partial charge in [0.15, 0.2) is 5.78 Å². The summed E-state index contributed by atoms with van der Waals surface area (Å²) >= 11 is 0. The lowest BCUT2D eigenvalue weighted by molar-refractivity contribution is 0.0601. The lowest BCUT2D eigenvalue weighted by atomic mass is 9.97. The molecule has 1 aliphatic rings. The molecule has 0 fully saturated rings. The van der Waals surface area contributed by atoms with Crippen LogP contribution in [-0.2, 0) is 11.2 Å². The lowest BCUT2D eigenvalue weighted by Gasteiger charge is -2.16. The zero-order valence-electron chi connectivity index (χ0n) is 11.3. The summed E-state index contributed by atoms with van der Waals surface area (Å²) in [6, 6.07) is 15.2. The van der Waals surface area contributed by atoms with Crippen molar-refractivity contribution < 1.29 is 14.3 Å². The summed E-state index contributed by atoms with van der Waals surface area (Å²) in [5.74, 6) is 0.660. The summed E-state index contributed by atoms with van der Waals surface area (Å²) in [5.41, 5.74) is 2.56. The topological polar surface area (TPSA) is 35.5 Å². The second kappa shape index (κ2) is 5.47. The molecule has 2 aromatic carbocycles. The van der Waals surface area contributed by atoms with Gasteiger partial charge < -0.3 is 9.47 Å². The molecule has 3 heteroatoms. The molecular weight excluding hydrogens is 252 g/mol. The van der Waals surface area contributed by atoms with Gasteiger partial charge >= 0.3 is 0 Å². The fourth-order valence-electron chi connectivity index (χ4n) is 2.57. The highest BCUT2D eigenvalue weighted by Gasteiger charge is 2.27. The van der Waals surface area contributed by atoms with Crippen LogP contribution in [0.25, 0.3) is 0 Å². The quantitative estimate of drug-likeness (QED) is 0.799. The van der Waals surface area contributed by atoms with E-state index >= 15 is 0 Å². The van der Waals surface area contributed by atoms with Crippen LogP contribution in [0, 0.1) is 0 Å². The van der Waals surface area contributed by atoms with E-state index < -0.39 is 6.10 Å². The highest BCUT2D eigenvalue weighted by atomic mass is 16.5. The van der Waals surface area contributed by atoms with Crippen LogP contribution in [0.15, 0.2) is 48.5 Å². The van der Waals surface area contributed by atoms with Crippen LogP contribution in [-0.4, -0.2) is 19.5 Å². The highest BCUT2D eigenvalue weighted by molar-refractivity contribution is 6.02. The molecule has 0 N–H and O–H groups in total. The third-order valence-corrected chi connectivity index (χ3v) is 3.56. The van der Waals surface area contributed by atoms with Crippen molar-refractivity contribution in [1.29, 1.82) is 0 Å². The van der Waals surface area contributed by atoms with Gasteiger partial charge in [0.2, 0.25) is 0 Å². The summed E-state index contributed by atoms with van der Waals surface area (Å²) in [4.78, 5) is 12.7. The molecule has 0 aromatic heterocycles. The Morgan fingerprint density at radius 2 is 1.95 bits per heavy atom. The van der Waals surface area contributed by atoms with Gasteiger partial charge in [-0.2, -0.15) is 0 Å². The van der Waals surface area contributed by atoms with Gasteiger partial charge in [0.25, 0.3) is 0 Å². The molecule has 20 heavy (non-hydrogen) atoms. The molecular formula is C17H16O3. The first kappa shape index (κ1) is 12.9. The van der Waals surface area contributed by atoms with Gasteiger partial charge in [0, 0.05) is 13.5 Å². The first-order chi connectivity index (χ1) is 9.81. The Labute approximate surface area is 118 Å². The van der Waals surface area contributed by atoms with Gasteiger partial charge in [0.1, 0.15) is 11.9 Å². The molecule has 1 atom stereocenters. The van der Waals surface area contributed by atoms with E-state index in [1.165, 1.54) is 0 Å². The fourth-order valence-corrected chi connectivity index (χ4v) is 2.57. The molecule has 0 aliphatic carbocycles. The van der Waals surface area contributed by atoms with E-state index in [1.54, 1.807) is 13.2 Å². The molecule has 0 amide bonds. The van der Waals surface area contributed by atoms with E-state index in [0.717, 1.165) is 23.3 Å². The number of Topliss-reactive ketones (excluding diaryl/α,β-unsaturated/α-hetero) is 1. The highest BCUT2D eigenvalue weighted by Crippen LogP contribution is 2.33. The van der Waals surface area contributed by atoms with Gasteiger partial charge in [-0.05, 0) is 17.2 Å². The van der Waals surface area contributed by atoms with Gasteiger partial charge in [-0.15, -0.1) is 0 Å². The van der Waals surface area contributed by atoms with Crippen LogP contribution in [0.5, 0.6) is 5.75 Å². The van der Waals surface area contributed by atoms with Gasteiger partial charge in [0.05, 0.1) is 12.2 Å². The number of rotatable bonds is 4. The van der Waals surface area contributed by atoms with E-state index in [4.69, 9.17) is 9.47 Å². The molecule has 0 saturated carbocycles. The summed E-state index contributed by atoms with van der Waals surface area (Å²) in [6.07, 6.45) is 0.270. The maximum Gasteiger partial charge on any atom is 0.199 e. The molecule has 3 rings (SSSR count). The smallest absolute Gasteiger partial charge is 0.199 e. The van der Waals surface area contributed by atoms with Crippen molar-refractivity contribution in [1.82, 2.24) is 0 Å². The van der Waals surface area contributed by atoms with Crippen LogP contribution in [0.2, 0.25) is 0 Å². The van der Waals surface area contributed by atoms with Crippen molar-refractivity contribution in [2.75, 3.05) is 13.7 Å². The summed E-state index contributed by atoms with van der Waals surface area (Å²) < 4.78 is 11.0. The Morgan fingerprint density at radius 3 is 2.70 bits per heavy atom. The van der Waals surface area contributed by atoms with Crippen molar-refractivity contribution in [2.45, 2.75) is 12.5 Å². The lowest BCUT2D eigenvalue weighted by Crippen LogP contribution is -2.15. The molecule has 1 heterocycles. The number of carbonyl (C=O) groups is 1. The maximum absolute atomic E-state index is 12.7. The van der Waals surface area contributed by atoms with Crippen LogP contribution >= 0.6 is 0 Å². The number of ketones is 1. The molecule has 0 saturated heterocycles. The SMILES string of the molecule is COC(C(=O)c1cccc2c1OCC2)c1ccccc1. The van der Waals surface area contributed by atoms with Crippen LogP contribution in [0.3, 0.4) is 0 Å². The molecule has 102 valence electrons. The number of fused-ring (bicyclic) bond motifs is 1. The van der Waals surface area contributed by atoms with Crippen LogP contribution in [0.4, 0.5) is 0 Å². The minimum absolute atomic E-state index is 0.0579. The zero-order chi connectivity index (χ0) is 13.9. The van der Waals surface area contributed by atoms with Crippen molar-refractivity contribution in [2.24, 2.45) is 0 Å². The normalized spacial score (nSPS) is 14.4. The standard InChI is InChI=1S/C17H16O3/c1-19-17(12-6-3-2-4-7-12)15(18)14-9-5-8-13-10-11-20-16(13)14/h2-9,17H,10-11H2,1H3. The number of methoxy groups -OCH3 is 1. The molecule has 2 aromatic rings. The zero-order valence-corrected chi connectivity index (χ0v) is 11.3. The van der Waals surface area contributed by atoms with E-state index in [1.807, 2.05) is 42.5 Å². The van der Waals surface area contributed by atoms with Gasteiger partial charge in [-0.3, -0.25) is 4.79 Å². The summed E-state index contributed by atoms with van der Waals surface area (Å²) in [6.45, 7) is 0.641. The summed E-state index contributed by atoms with van der Waals surface area (Å²) in [7, 11) is 1.56. The van der Waals surface area contributed by atoms with E-state index in [0.29, 0.717) is 12.2 Å². The number of hydrogen-bond acceptors (Lipinski definition) is 3. The first-order valence-corrected chi connectivity index (χ1v) is 6.68. The summed E-state index contributed by atoms with van der Waals surface area (Å²) in [5, 5.41) is 0. The van der Waals surface area contributed by atoms with E-state index in [9.17, 15) is 4.79 Å². The Hall–Kier alpha value is -2.13. The second-order valence-electron chi connectivity index (χ2n) is 4.78.